The standard InChI is InChI=1S/C36H64O8/c1-2-3-4-5-6-7-9-16-29(37)18-12-14-21-32(40)34-23-24-35(44-34)33(41)22-15-13-19-30(38)17-10-8-11-20-31(39)27-28-25-26-43-36(28)42/h25,29,31-35,37,39-41H,2-24,26-27H2,1H3. The molecule has 0 saturated carbocycles. The van der Waals surface area contributed by atoms with Crippen LogP contribution in [0.3, 0.4) is 0 Å². The van der Waals surface area contributed by atoms with Crippen molar-refractivity contribution in [3.63, 3.8) is 0 Å². The van der Waals surface area contributed by atoms with Crippen molar-refractivity contribution in [2.24, 2.45) is 0 Å². The van der Waals surface area contributed by atoms with E-state index < -0.39 is 18.3 Å². The summed E-state index contributed by atoms with van der Waals surface area (Å²) in [5.41, 5.74) is 0.557. The van der Waals surface area contributed by atoms with Crippen molar-refractivity contribution in [3.8, 4) is 0 Å². The Balaban J connectivity index is 1.42. The van der Waals surface area contributed by atoms with E-state index >= 15 is 0 Å². The largest absolute Gasteiger partial charge is 0.458 e. The molecule has 0 aliphatic carbocycles. The van der Waals surface area contributed by atoms with Gasteiger partial charge in [-0.25, -0.2) is 4.79 Å². The Bertz CT molecular complexity index is 799. The van der Waals surface area contributed by atoms with Gasteiger partial charge in [-0.15, -0.1) is 0 Å². The number of carbonyl (C=O) groups is 2. The fraction of sp³-hybridized carbons (Fsp3) is 0.889. The second-order valence-electron chi connectivity index (χ2n) is 13.3. The zero-order chi connectivity index (χ0) is 32.0. The predicted molar refractivity (Wildman–Crippen MR) is 173 cm³/mol. The molecule has 256 valence electrons. The smallest absolute Gasteiger partial charge is 0.334 e. The second kappa shape index (κ2) is 23.9. The normalized spacial score (nSPS) is 21.2. The van der Waals surface area contributed by atoms with Crippen LogP contribution in [0.1, 0.15) is 161 Å². The van der Waals surface area contributed by atoms with E-state index in [2.05, 4.69) is 6.92 Å². The Labute approximate surface area is 267 Å². The van der Waals surface area contributed by atoms with Crippen LogP contribution in [0, 0.1) is 0 Å². The molecule has 4 N–H and O–H groups in total. The number of aliphatic hydroxyl groups excluding tert-OH is 4. The van der Waals surface area contributed by atoms with Crippen LogP contribution in [0.4, 0.5) is 0 Å². The molecule has 0 aromatic rings. The van der Waals surface area contributed by atoms with E-state index in [0.717, 1.165) is 77.0 Å². The van der Waals surface area contributed by atoms with Gasteiger partial charge in [-0.05, 0) is 63.9 Å². The number of hydrogen-bond donors (Lipinski definition) is 4. The van der Waals surface area contributed by atoms with E-state index in [9.17, 15) is 30.0 Å². The van der Waals surface area contributed by atoms with Crippen molar-refractivity contribution < 1.29 is 39.5 Å². The molecule has 2 aliphatic heterocycles. The maximum atomic E-state index is 12.2. The zero-order valence-corrected chi connectivity index (χ0v) is 27.6. The molecule has 2 rings (SSSR count). The van der Waals surface area contributed by atoms with Crippen molar-refractivity contribution in [2.45, 2.75) is 198 Å². The molecule has 8 heteroatoms. The Morgan fingerprint density at radius 1 is 0.705 bits per heavy atom. The lowest BCUT2D eigenvalue weighted by molar-refractivity contribution is -0.136. The Morgan fingerprint density at radius 2 is 1.18 bits per heavy atom. The van der Waals surface area contributed by atoms with E-state index in [1.54, 1.807) is 6.08 Å². The first-order valence-corrected chi connectivity index (χ1v) is 18.1. The molecule has 6 unspecified atom stereocenters. The molecule has 2 heterocycles. The summed E-state index contributed by atoms with van der Waals surface area (Å²) >= 11 is 0. The fourth-order valence-corrected chi connectivity index (χ4v) is 6.44. The van der Waals surface area contributed by atoms with E-state index in [4.69, 9.17) is 9.47 Å². The number of rotatable bonds is 28. The number of esters is 1. The predicted octanol–water partition coefficient (Wildman–Crippen LogP) is 6.63. The molecule has 6 atom stereocenters. The van der Waals surface area contributed by atoms with Crippen molar-refractivity contribution in [3.05, 3.63) is 11.6 Å². The van der Waals surface area contributed by atoms with Gasteiger partial charge in [0.15, 0.2) is 0 Å². The monoisotopic (exact) mass is 624 g/mol. The number of Topliss-reactive ketones (excluding diaryl/α,β-unsaturated/α-hetero) is 1. The lowest BCUT2D eigenvalue weighted by Crippen LogP contribution is -2.31. The number of ether oxygens (including phenoxy) is 2. The van der Waals surface area contributed by atoms with Gasteiger partial charge in [0.05, 0.1) is 36.6 Å². The SMILES string of the molecule is CCCCCCCCCC(O)CCCCC(O)C1CCC(C(O)CCCCC(=O)CCCCCC(O)CC2=CCOC2=O)O1. The van der Waals surface area contributed by atoms with Crippen molar-refractivity contribution in [1.29, 1.82) is 0 Å². The van der Waals surface area contributed by atoms with Gasteiger partial charge in [-0.2, -0.15) is 0 Å². The summed E-state index contributed by atoms with van der Waals surface area (Å²) in [6.45, 7) is 2.53. The van der Waals surface area contributed by atoms with Gasteiger partial charge in [0, 0.05) is 24.8 Å². The quantitative estimate of drug-likeness (QED) is 0.0563. The molecular weight excluding hydrogens is 560 g/mol. The van der Waals surface area contributed by atoms with Crippen LogP contribution >= 0.6 is 0 Å². The summed E-state index contributed by atoms with van der Waals surface area (Å²) in [4.78, 5) is 23.7. The summed E-state index contributed by atoms with van der Waals surface area (Å²) in [5, 5.41) is 41.6. The first-order valence-electron chi connectivity index (χ1n) is 18.1. The van der Waals surface area contributed by atoms with Crippen LogP contribution < -0.4 is 0 Å². The molecule has 1 saturated heterocycles. The Hall–Kier alpha value is -1.32. The van der Waals surface area contributed by atoms with Crippen molar-refractivity contribution in [2.75, 3.05) is 6.61 Å². The molecule has 0 amide bonds. The minimum atomic E-state index is -0.572. The van der Waals surface area contributed by atoms with Gasteiger partial charge < -0.3 is 29.9 Å². The lowest BCUT2D eigenvalue weighted by atomic mass is 9.99. The van der Waals surface area contributed by atoms with Gasteiger partial charge in [0.2, 0.25) is 0 Å². The average Bonchev–Trinajstić information content (AvgIpc) is 3.66. The molecule has 1 fully saturated rings. The number of ketones is 1. The highest BCUT2D eigenvalue weighted by molar-refractivity contribution is 5.90. The molecule has 44 heavy (non-hydrogen) atoms. The number of cyclic esters (lactones) is 1. The van der Waals surface area contributed by atoms with Gasteiger partial charge in [-0.1, -0.05) is 84.0 Å². The third-order valence-corrected chi connectivity index (χ3v) is 9.33. The highest BCUT2D eigenvalue weighted by atomic mass is 16.5. The summed E-state index contributed by atoms with van der Waals surface area (Å²) in [7, 11) is 0. The number of hydrogen-bond acceptors (Lipinski definition) is 8. The molecule has 2 aliphatic rings. The van der Waals surface area contributed by atoms with Gasteiger partial charge in [0.25, 0.3) is 0 Å². The maximum Gasteiger partial charge on any atom is 0.334 e. The lowest BCUT2D eigenvalue weighted by Gasteiger charge is -2.22. The molecular formula is C36H64O8. The van der Waals surface area contributed by atoms with Crippen LogP contribution in [0.15, 0.2) is 11.6 Å². The van der Waals surface area contributed by atoms with E-state index in [0.29, 0.717) is 50.7 Å². The Kier molecular flexibility index (Phi) is 21.1. The van der Waals surface area contributed by atoms with Gasteiger partial charge in [0.1, 0.15) is 12.4 Å². The highest BCUT2D eigenvalue weighted by Crippen LogP contribution is 2.28. The molecule has 8 nitrogen and oxygen atoms in total. The fourth-order valence-electron chi connectivity index (χ4n) is 6.44. The van der Waals surface area contributed by atoms with Crippen LogP contribution in [0.2, 0.25) is 0 Å². The van der Waals surface area contributed by atoms with Crippen LogP contribution in [0.5, 0.6) is 0 Å². The minimum Gasteiger partial charge on any atom is -0.458 e. The zero-order valence-electron chi connectivity index (χ0n) is 27.6. The van der Waals surface area contributed by atoms with Crippen LogP contribution in [0.25, 0.3) is 0 Å². The summed E-state index contributed by atoms with van der Waals surface area (Å²) in [6.07, 6.45) is 20.4. The second-order valence-corrected chi connectivity index (χ2v) is 13.3. The van der Waals surface area contributed by atoms with E-state index in [1.807, 2.05) is 0 Å². The highest BCUT2D eigenvalue weighted by Gasteiger charge is 2.34. The summed E-state index contributed by atoms with van der Waals surface area (Å²) in [5.74, 6) is -0.0894. The van der Waals surface area contributed by atoms with E-state index in [-0.39, 0.29) is 30.1 Å². The van der Waals surface area contributed by atoms with E-state index in [1.165, 1.54) is 38.5 Å². The van der Waals surface area contributed by atoms with Crippen molar-refractivity contribution >= 4 is 11.8 Å². The third-order valence-electron chi connectivity index (χ3n) is 9.33. The third kappa shape index (κ3) is 17.4. The first kappa shape index (κ1) is 38.9. The topological polar surface area (TPSA) is 134 Å². The molecule has 0 bridgehead atoms. The number of aliphatic hydroxyl groups is 4. The number of carbonyl (C=O) groups excluding carboxylic acids is 2. The Morgan fingerprint density at radius 3 is 1.77 bits per heavy atom. The molecule has 0 aromatic heterocycles. The van der Waals surface area contributed by atoms with Crippen molar-refractivity contribution in [1.82, 2.24) is 0 Å². The van der Waals surface area contributed by atoms with Crippen LogP contribution in [-0.2, 0) is 19.1 Å². The molecule has 0 aromatic carbocycles. The van der Waals surface area contributed by atoms with Gasteiger partial charge in [-0.3, -0.25) is 4.79 Å². The summed E-state index contributed by atoms with van der Waals surface area (Å²) in [6, 6.07) is 0. The van der Waals surface area contributed by atoms with Crippen LogP contribution in [-0.4, -0.2) is 75.4 Å². The maximum absolute atomic E-state index is 12.2. The molecule has 0 spiro atoms. The van der Waals surface area contributed by atoms with Gasteiger partial charge >= 0.3 is 5.97 Å². The minimum absolute atomic E-state index is 0.230. The average molecular weight is 625 g/mol. The summed E-state index contributed by atoms with van der Waals surface area (Å²) < 4.78 is 10.9. The number of unbranched alkanes of at least 4 members (excludes halogenated alkanes) is 10. The molecule has 0 radical (unpaired) electrons. The first-order chi connectivity index (χ1) is 21.3.